The predicted octanol–water partition coefficient (Wildman–Crippen LogP) is 4.47. The number of fused-ring (bicyclic) bond motifs is 1. The van der Waals surface area contributed by atoms with E-state index >= 15 is 0 Å². The van der Waals surface area contributed by atoms with Crippen LogP contribution in [0.5, 0.6) is 0 Å². The number of nitro groups is 2. The molecule has 2 fully saturated rings. The molecule has 3 aliphatic heterocycles. The van der Waals surface area contributed by atoms with Crippen LogP contribution >= 0.6 is 23.1 Å². The molecule has 0 saturated carbocycles. The van der Waals surface area contributed by atoms with Crippen LogP contribution in [0.25, 0.3) is 0 Å². The van der Waals surface area contributed by atoms with E-state index in [4.69, 9.17) is 9.47 Å². The molecular formula is C37H41N7O11S2. The number of carbonyl (C=O) groups is 4. The lowest BCUT2D eigenvalue weighted by Gasteiger charge is -2.46. The molecule has 3 aromatic rings. The molecule has 4 atom stereocenters. The molecule has 2 saturated heterocycles. The molecule has 3 amide bonds. The number of nitrogens with one attached hydrogen (secondary N) is 1. The smallest absolute Gasteiger partial charge is 0.407 e. The molecule has 0 spiro atoms. The van der Waals surface area contributed by atoms with E-state index in [1.54, 1.807) is 17.2 Å². The summed E-state index contributed by atoms with van der Waals surface area (Å²) in [5, 5.41) is 37.2. The third kappa shape index (κ3) is 8.87. The highest BCUT2D eigenvalue weighted by molar-refractivity contribution is 8.03. The van der Waals surface area contributed by atoms with Crippen LogP contribution in [-0.4, -0.2) is 103 Å². The van der Waals surface area contributed by atoms with Gasteiger partial charge in [0.2, 0.25) is 5.91 Å². The van der Waals surface area contributed by atoms with Gasteiger partial charge in [0, 0.05) is 77.9 Å². The number of hydrogen-bond donors (Lipinski definition) is 2. The maximum absolute atomic E-state index is 13.6. The molecule has 1 aromatic heterocycles. The van der Waals surface area contributed by atoms with Crippen LogP contribution in [0.2, 0.25) is 0 Å². The quantitative estimate of drug-likeness (QED) is 0.0880. The Morgan fingerprint density at radius 1 is 1.00 bits per heavy atom. The number of ether oxygens (including phenoxy) is 2. The number of alkyl carbamates (subject to hydrolysis) is 1. The second-order valence-electron chi connectivity index (χ2n) is 14.1. The van der Waals surface area contributed by atoms with Gasteiger partial charge in [0.25, 0.3) is 17.3 Å². The largest absolute Gasteiger partial charge is 0.456 e. The van der Waals surface area contributed by atoms with Crippen molar-refractivity contribution in [1.82, 2.24) is 20.1 Å². The summed E-state index contributed by atoms with van der Waals surface area (Å²) in [4.78, 5) is 83.7. The van der Waals surface area contributed by atoms with E-state index in [-0.39, 0.29) is 78.1 Å². The number of aliphatic hydroxyl groups excluding tert-OH is 1. The fraction of sp³-hybridized carbons (Fsp3) is 0.432. The number of aromatic nitrogens is 1. The third-order valence-corrected chi connectivity index (χ3v) is 12.3. The van der Waals surface area contributed by atoms with Gasteiger partial charge in [-0.15, -0.1) is 23.1 Å². The van der Waals surface area contributed by atoms with Gasteiger partial charge in [-0.1, -0.05) is 6.92 Å². The van der Waals surface area contributed by atoms with E-state index in [0.717, 1.165) is 0 Å². The summed E-state index contributed by atoms with van der Waals surface area (Å²) < 4.78 is 10.8. The SMILES string of the molecule is CC(C)N(CCNC(=O)OCc1ccc([N+](=O)[O-])cc1)C(=O)c1csc(N2CC(SC3=C(C(=O)OCc4ccc([N+](=O)[O-])cc4)N4C(=O)[C@H]([C@@H](C)O)[C@H]4[C@H]3C)C2)n1. The number of esters is 1. The lowest BCUT2D eigenvalue weighted by Crippen LogP contribution is -2.63. The van der Waals surface area contributed by atoms with E-state index in [0.29, 0.717) is 34.3 Å². The molecule has 0 aliphatic carbocycles. The number of carbonyl (C=O) groups excluding carboxylic acids is 4. The number of thiazole rings is 1. The van der Waals surface area contributed by atoms with Gasteiger partial charge in [-0.2, -0.15) is 0 Å². The Morgan fingerprint density at radius 2 is 1.58 bits per heavy atom. The number of non-ortho nitro benzene ring substituents is 2. The molecule has 4 heterocycles. The number of rotatable bonds is 16. The first-order valence-corrected chi connectivity index (χ1v) is 19.9. The van der Waals surface area contributed by atoms with Crippen LogP contribution in [0.4, 0.5) is 21.3 Å². The summed E-state index contributed by atoms with van der Waals surface area (Å²) in [6.07, 6.45) is -1.59. The molecule has 0 unspecified atom stereocenters. The molecule has 20 heteroatoms. The van der Waals surface area contributed by atoms with Crippen molar-refractivity contribution in [3.8, 4) is 0 Å². The van der Waals surface area contributed by atoms with Gasteiger partial charge in [-0.05, 0) is 56.2 Å². The van der Waals surface area contributed by atoms with E-state index in [1.165, 1.54) is 76.5 Å². The van der Waals surface area contributed by atoms with Crippen LogP contribution in [0.3, 0.4) is 0 Å². The monoisotopic (exact) mass is 823 g/mol. The Morgan fingerprint density at radius 3 is 2.12 bits per heavy atom. The average molecular weight is 824 g/mol. The number of anilines is 1. The number of amides is 3. The predicted molar refractivity (Wildman–Crippen MR) is 208 cm³/mol. The highest BCUT2D eigenvalue weighted by atomic mass is 32.2. The van der Waals surface area contributed by atoms with Crippen molar-refractivity contribution in [2.75, 3.05) is 31.1 Å². The van der Waals surface area contributed by atoms with E-state index in [1.807, 2.05) is 25.7 Å². The molecule has 3 aliphatic rings. The Kier molecular flexibility index (Phi) is 12.4. The minimum absolute atomic E-state index is 0.0279. The molecule has 6 rings (SSSR count). The van der Waals surface area contributed by atoms with Crippen molar-refractivity contribution in [2.45, 2.75) is 64.3 Å². The Hall–Kier alpha value is -5.60. The van der Waals surface area contributed by atoms with E-state index in [9.17, 15) is 44.5 Å². The second kappa shape index (κ2) is 17.3. The Balaban J connectivity index is 1.03. The summed E-state index contributed by atoms with van der Waals surface area (Å²) in [5.74, 6) is -2.22. The van der Waals surface area contributed by atoms with Crippen molar-refractivity contribution in [1.29, 1.82) is 0 Å². The van der Waals surface area contributed by atoms with Crippen LogP contribution in [0, 0.1) is 32.1 Å². The van der Waals surface area contributed by atoms with Crippen molar-refractivity contribution < 1.29 is 43.6 Å². The number of hydrogen-bond acceptors (Lipinski definition) is 15. The lowest BCUT2D eigenvalue weighted by molar-refractivity contribution is -0.385. The van der Waals surface area contributed by atoms with Gasteiger partial charge in [-0.25, -0.2) is 14.6 Å². The van der Waals surface area contributed by atoms with Gasteiger partial charge in [-0.3, -0.25) is 29.8 Å². The zero-order valence-corrected chi connectivity index (χ0v) is 33.1. The summed E-state index contributed by atoms with van der Waals surface area (Å²) in [6.45, 7) is 8.40. The number of nitrogens with zero attached hydrogens (tertiary/aromatic N) is 6. The molecule has 0 bridgehead atoms. The van der Waals surface area contributed by atoms with Gasteiger partial charge in [0.15, 0.2) is 5.13 Å². The maximum atomic E-state index is 13.6. The molecule has 2 N–H and O–H groups in total. The number of nitro benzene ring substituents is 2. The van der Waals surface area contributed by atoms with Crippen molar-refractivity contribution >= 4 is 63.5 Å². The molecular weight excluding hydrogens is 783 g/mol. The second-order valence-corrected chi connectivity index (χ2v) is 16.3. The number of aliphatic hydroxyl groups is 1. The van der Waals surface area contributed by atoms with Crippen LogP contribution < -0.4 is 10.2 Å². The summed E-state index contributed by atoms with van der Waals surface area (Å²) in [5.41, 5.74) is 1.39. The van der Waals surface area contributed by atoms with E-state index < -0.39 is 40.0 Å². The van der Waals surface area contributed by atoms with Gasteiger partial charge in [0.05, 0.1) is 27.9 Å². The topological polar surface area (TPSA) is 228 Å². The van der Waals surface area contributed by atoms with Crippen molar-refractivity contribution in [2.24, 2.45) is 11.8 Å². The Bertz CT molecular complexity index is 2070. The fourth-order valence-corrected chi connectivity index (χ4v) is 9.23. The number of β-lactam (4-membered cyclic amide) rings is 1. The minimum atomic E-state index is -0.899. The lowest BCUT2D eigenvalue weighted by atomic mass is 9.79. The highest BCUT2D eigenvalue weighted by Crippen LogP contribution is 2.52. The van der Waals surface area contributed by atoms with Crippen LogP contribution in [0.1, 0.15) is 49.3 Å². The summed E-state index contributed by atoms with van der Waals surface area (Å²) in [7, 11) is 0. The van der Waals surface area contributed by atoms with Crippen molar-refractivity contribution in [3.63, 3.8) is 0 Å². The third-order valence-electron chi connectivity index (χ3n) is 9.97. The molecule has 302 valence electrons. The highest BCUT2D eigenvalue weighted by Gasteiger charge is 2.60. The normalized spacial score (nSPS) is 19.4. The number of benzene rings is 2. The summed E-state index contributed by atoms with van der Waals surface area (Å²) >= 11 is 2.81. The molecule has 2 aromatic carbocycles. The van der Waals surface area contributed by atoms with Gasteiger partial charge < -0.3 is 34.6 Å². The number of thioether (sulfide) groups is 1. The van der Waals surface area contributed by atoms with Gasteiger partial charge >= 0.3 is 12.1 Å². The zero-order chi connectivity index (χ0) is 41.1. The molecule has 0 radical (unpaired) electrons. The molecule has 18 nitrogen and oxygen atoms in total. The maximum Gasteiger partial charge on any atom is 0.407 e. The summed E-state index contributed by atoms with van der Waals surface area (Å²) in [6, 6.07) is 10.7. The fourth-order valence-electron chi connectivity index (χ4n) is 6.89. The first kappa shape index (κ1) is 41.0. The average Bonchev–Trinajstić information content (AvgIpc) is 3.73. The Labute approximate surface area is 335 Å². The molecule has 57 heavy (non-hydrogen) atoms. The van der Waals surface area contributed by atoms with Crippen LogP contribution in [0.15, 0.2) is 64.5 Å². The zero-order valence-electron chi connectivity index (χ0n) is 31.4. The first-order valence-electron chi connectivity index (χ1n) is 18.1. The van der Waals surface area contributed by atoms with Gasteiger partial charge in [0.1, 0.15) is 24.6 Å². The standard InChI is InChI=1S/C37H41N7O11S2/c1-20(2)41(14-13-38-37(49)55-18-24-7-11-26(12-8-24)44(52)53)33(46)28-19-56-36(39-28)40-15-27(16-40)57-32-21(3)30-29(22(4)45)34(47)42(30)31(32)35(48)54-17-23-5-9-25(10-6-23)43(50)51/h5-12,19-22,27,29-30,45H,13-18H2,1-4H3,(H,38,49)/t21-,22-,29-,30-/m1/s1. The first-order chi connectivity index (χ1) is 27.1. The van der Waals surface area contributed by atoms with E-state index in [2.05, 4.69) is 10.3 Å². The van der Waals surface area contributed by atoms with Crippen molar-refractivity contribution in [3.05, 3.63) is 102 Å². The van der Waals surface area contributed by atoms with Crippen LogP contribution in [-0.2, 0) is 32.3 Å². The minimum Gasteiger partial charge on any atom is -0.456 e.